The maximum Gasteiger partial charge on any atom is 0.124 e. The van der Waals surface area contributed by atoms with E-state index in [0.29, 0.717) is 11.5 Å². The summed E-state index contributed by atoms with van der Waals surface area (Å²) in [5.74, 6) is 6.70. The Morgan fingerprint density at radius 3 is 3.16 bits per heavy atom. The predicted molar refractivity (Wildman–Crippen MR) is 75.4 cm³/mol. The van der Waals surface area contributed by atoms with E-state index in [0.717, 1.165) is 31.6 Å². The van der Waals surface area contributed by atoms with Crippen LogP contribution in [0.4, 0.5) is 5.82 Å². The third-order valence-corrected chi connectivity index (χ3v) is 3.15. The summed E-state index contributed by atoms with van der Waals surface area (Å²) in [6.07, 6.45) is 3.27. The fourth-order valence-corrected chi connectivity index (χ4v) is 2.23. The zero-order valence-corrected chi connectivity index (χ0v) is 10.7. The average Bonchev–Trinajstić information content (AvgIpc) is 2.67. The normalized spacial score (nSPS) is 14.1. The molecular formula is C15H16N4. The fourth-order valence-electron chi connectivity index (χ4n) is 2.23. The van der Waals surface area contributed by atoms with Crippen LogP contribution in [0.5, 0.6) is 0 Å². The minimum Gasteiger partial charge on any atom is -0.384 e. The molecule has 0 aromatic carbocycles. The molecule has 0 atom stereocenters. The summed E-state index contributed by atoms with van der Waals surface area (Å²) in [4.78, 5) is 4.17. The Morgan fingerprint density at radius 2 is 2.26 bits per heavy atom. The lowest BCUT2D eigenvalue weighted by atomic mass is 10.3. The minimum absolute atomic E-state index is 0.503. The highest BCUT2D eigenvalue weighted by atomic mass is 15.0. The summed E-state index contributed by atoms with van der Waals surface area (Å²) in [7, 11) is 0. The van der Waals surface area contributed by atoms with Gasteiger partial charge in [0.25, 0.3) is 0 Å². The zero-order chi connectivity index (χ0) is 13.1. The number of hydrogen-bond donors (Lipinski definition) is 2. The molecule has 2 aromatic rings. The molecule has 0 bridgehead atoms. The van der Waals surface area contributed by atoms with Crippen LogP contribution in [0.1, 0.15) is 23.4 Å². The van der Waals surface area contributed by atoms with Gasteiger partial charge in [0.1, 0.15) is 11.5 Å². The van der Waals surface area contributed by atoms with Gasteiger partial charge < -0.3 is 15.6 Å². The number of nitrogens with zero attached hydrogens (tertiary/aromatic N) is 2. The SMILES string of the molecule is Nc1cccc(C#Cc2cc3n(c2)CCCNC3)n1. The number of aryl methyl sites for hydroxylation is 1. The van der Waals surface area contributed by atoms with Crippen molar-refractivity contribution in [3.63, 3.8) is 0 Å². The Hall–Kier alpha value is -2.25. The van der Waals surface area contributed by atoms with Gasteiger partial charge >= 0.3 is 0 Å². The van der Waals surface area contributed by atoms with Gasteiger partial charge in [-0.2, -0.15) is 0 Å². The van der Waals surface area contributed by atoms with E-state index in [1.807, 2.05) is 12.1 Å². The van der Waals surface area contributed by atoms with Crippen LogP contribution in [-0.2, 0) is 13.1 Å². The van der Waals surface area contributed by atoms with Crippen molar-refractivity contribution in [2.24, 2.45) is 0 Å². The zero-order valence-electron chi connectivity index (χ0n) is 10.7. The number of aromatic nitrogens is 2. The van der Waals surface area contributed by atoms with Crippen LogP contribution in [0.15, 0.2) is 30.5 Å². The van der Waals surface area contributed by atoms with Gasteiger partial charge in [-0.15, -0.1) is 0 Å². The Balaban J connectivity index is 1.85. The van der Waals surface area contributed by atoms with Crippen molar-refractivity contribution >= 4 is 5.82 Å². The lowest BCUT2D eigenvalue weighted by Gasteiger charge is -2.00. The smallest absolute Gasteiger partial charge is 0.124 e. The third-order valence-electron chi connectivity index (χ3n) is 3.15. The molecular weight excluding hydrogens is 236 g/mol. The molecule has 0 saturated heterocycles. The monoisotopic (exact) mass is 252 g/mol. The quantitative estimate of drug-likeness (QED) is 0.696. The predicted octanol–water partition coefficient (Wildman–Crippen LogP) is 1.36. The summed E-state index contributed by atoms with van der Waals surface area (Å²) < 4.78 is 2.27. The number of hydrogen-bond acceptors (Lipinski definition) is 3. The molecule has 2 aromatic heterocycles. The number of nitrogens with one attached hydrogen (secondary N) is 1. The molecule has 1 aliphatic rings. The first-order valence-electron chi connectivity index (χ1n) is 6.45. The Bertz CT molecular complexity index is 622. The van der Waals surface area contributed by atoms with E-state index < -0.39 is 0 Å². The maximum absolute atomic E-state index is 5.63. The molecule has 3 heterocycles. The van der Waals surface area contributed by atoms with Crippen molar-refractivity contribution in [1.82, 2.24) is 14.9 Å². The van der Waals surface area contributed by atoms with Crippen molar-refractivity contribution in [2.45, 2.75) is 19.5 Å². The van der Waals surface area contributed by atoms with Gasteiger partial charge in [-0.25, -0.2) is 4.98 Å². The van der Waals surface area contributed by atoms with E-state index in [4.69, 9.17) is 5.73 Å². The molecule has 96 valence electrons. The van der Waals surface area contributed by atoms with Gasteiger partial charge in [0.05, 0.1) is 0 Å². The van der Waals surface area contributed by atoms with Gasteiger partial charge in [-0.3, -0.25) is 0 Å². The van der Waals surface area contributed by atoms with Gasteiger partial charge in [0.15, 0.2) is 0 Å². The molecule has 3 rings (SSSR count). The largest absolute Gasteiger partial charge is 0.384 e. The molecule has 1 aliphatic heterocycles. The lowest BCUT2D eigenvalue weighted by Crippen LogP contribution is -2.11. The van der Waals surface area contributed by atoms with Gasteiger partial charge in [-0.1, -0.05) is 12.0 Å². The molecule has 4 nitrogen and oxygen atoms in total. The van der Waals surface area contributed by atoms with Gasteiger partial charge in [0, 0.05) is 30.5 Å². The summed E-state index contributed by atoms with van der Waals surface area (Å²) in [5.41, 5.74) is 8.67. The number of nitrogens with two attached hydrogens (primary N) is 1. The van der Waals surface area contributed by atoms with Crippen molar-refractivity contribution < 1.29 is 0 Å². The van der Waals surface area contributed by atoms with Crippen LogP contribution in [0, 0.1) is 11.8 Å². The Morgan fingerprint density at radius 1 is 1.32 bits per heavy atom. The summed E-state index contributed by atoms with van der Waals surface area (Å²) >= 11 is 0. The van der Waals surface area contributed by atoms with E-state index in [1.165, 1.54) is 5.69 Å². The van der Waals surface area contributed by atoms with Crippen LogP contribution in [-0.4, -0.2) is 16.1 Å². The number of pyridine rings is 1. The highest BCUT2D eigenvalue weighted by molar-refractivity contribution is 5.43. The summed E-state index contributed by atoms with van der Waals surface area (Å²) in [5, 5.41) is 3.40. The van der Waals surface area contributed by atoms with E-state index in [-0.39, 0.29) is 0 Å². The number of nitrogen functional groups attached to an aromatic ring is 1. The third kappa shape index (κ3) is 2.78. The molecule has 0 amide bonds. The highest BCUT2D eigenvalue weighted by Crippen LogP contribution is 2.11. The number of fused-ring (bicyclic) bond motifs is 1. The van der Waals surface area contributed by atoms with Crippen molar-refractivity contribution in [3.8, 4) is 11.8 Å². The van der Waals surface area contributed by atoms with Crippen LogP contribution >= 0.6 is 0 Å². The number of rotatable bonds is 0. The summed E-state index contributed by atoms with van der Waals surface area (Å²) in [6.45, 7) is 3.05. The first kappa shape index (κ1) is 11.8. The Labute approximate surface area is 112 Å². The Kier molecular flexibility index (Phi) is 3.21. The van der Waals surface area contributed by atoms with Crippen molar-refractivity contribution in [1.29, 1.82) is 0 Å². The summed E-state index contributed by atoms with van der Waals surface area (Å²) in [6, 6.07) is 7.63. The van der Waals surface area contributed by atoms with Gasteiger partial charge in [-0.05, 0) is 37.1 Å². The second-order valence-electron chi connectivity index (χ2n) is 4.64. The molecule has 0 aliphatic carbocycles. The van der Waals surface area contributed by atoms with E-state index in [1.54, 1.807) is 6.07 Å². The number of anilines is 1. The van der Waals surface area contributed by atoms with E-state index in [9.17, 15) is 0 Å². The van der Waals surface area contributed by atoms with Crippen molar-refractivity contribution in [2.75, 3.05) is 12.3 Å². The molecule has 0 unspecified atom stereocenters. The van der Waals surface area contributed by atoms with Crippen molar-refractivity contribution in [3.05, 3.63) is 47.4 Å². The highest BCUT2D eigenvalue weighted by Gasteiger charge is 2.07. The van der Waals surface area contributed by atoms with Crippen LogP contribution in [0.3, 0.4) is 0 Å². The van der Waals surface area contributed by atoms with Crippen LogP contribution in [0.2, 0.25) is 0 Å². The van der Waals surface area contributed by atoms with Gasteiger partial charge in [0.2, 0.25) is 0 Å². The van der Waals surface area contributed by atoms with Crippen LogP contribution < -0.4 is 11.1 Å². The van der Waals surface area contributed by atoms with Crippen LogP contribution in [0.25, 0.3) is 0 Å². The van der Waals surface area contributed by atoms with E-state index >= 15 is 0 Å². The second-order valence-corrected chi connectivity index (χ2v) is 4.64. The first-order valence-corrected chi connectivity index (χ1v) is 6.45. The average molecular weight is 252 g/mol. The molecule has 3 N–H and O–H groups in total. The standard InChI is InChI=1S/C15H16N4/c16-15-4-1-3-13(18-15)6-5-12-9-14-10-17-7-2-8-19(14)11-12/h1,3-4,9,11,17H,2,7-8,10H2,(H2,16,18). The molecule has 0 saturated carbocycles. The molecule has 4 heteroatoms. The molecule has 0 spiro atoms. The molecule has 0 radical (unpaired) electrons. The minimum atomic E-state index is 0.503. The molecule has 19 heavy (non-hydrogen) atoms. The van der Waals surface area contributed by atoms with E-state index in [2.05, 4.69) is 39.0 Å². The lowest BCUT2D eigenvalue weighted by molar-refractivity contribution is 0.644. The second kappa shape index (κ2) is 5.17. The molecule has 0 fully saturated rings. The topological polar surface area (TPSA) is 55.9 Å². The maximum atomic E-state index is 5.63. The fraction of sp³-hybridized carbons (Fsp3) is 0.267. The first-order chi connectivity index (χ1) is 9.31.